The molecule has 0 heterocycles. The molecule has 2 atom stereocenters. The molecule has 5 nitrogen and oxygen atoms in total. The second-order valence-electron chi connectivity index (χ2n) is 5.25. The summed E-state index contributed by atoms with van der Waals surface area (Å²) in [6, 6.07) is 4.62. The van der Waals surface area contributed by atoms with E-state index in [9.17, 15) is 8.42 Å². The predicted octanol–water partition coefficient (Wildman–Crippen LogP) is 2.23. The van der Waals surface area contributed by atoms with Crippen molar-refractivity contribution in [3.05, 3.63) is 18.2 Å². The summed E-state index contributed by atoms with van der Waals surface area (Å²) in [6.45, 7) is 0. The number of ether oxygens (including phenoxy) is 1. The zero-order valence-electron chi connectivity index (χ0n) is 12.3. The molecule has 2 rings (SSSR count). The zero-order valence-corrected chi connectivity index (χ0v) is 14.0. The molecule has 1 fully saturated rings. The number of benzene rings is 1. The minimum absolute atomic E-state index is 0.0114. The van der Waals surface area contributed by atoms with Gasteiger partial charge in [-0.2, -0.15) is 11.8 Å². The van der Waals surface area contributed by atoms with E-state index in [1.54, 1.807) is 17.8 Å². The van der Waals surface area contributed by atoms with Crippen molar-refractivity contribution in [2.24, 2.45) is 0 Å². The molecule has 1 aliphatic rings. The second kappa shape index (κ2) is 6.89. The van der Waals surface area contributed by atoms with Crippen LogP contribution in [0.4, 0.5) is 5.69 Å². The molecule has 1 saturated carbocycles. The van der Waals surface area contributed by atoms with E-state index in [0.29, 0.717) is 11.0 Å². The summed E-state index contributed by atoms with van der Waals surface area (Å²) in [5, 5.41) is 0.527. The van der Waals surface area contributed by atoms with Crippen LogP contribution in [0, 0.1) is 0 Å². The normalized spacial score (nSPS) is 23.0. The maximum Gasteiger partial charge on any atom is 0.242 e. The number of nitrogens with two attached hydrogens (primary N) is 1. The highest BCUT2D eigenvalue weighted by atomic mass is 32.2. The standard InChI is InChI=1S/C14H22N2O3S2/c1-19-11-6-7-14(13(15)9-11)21(17,18)16-10-4-3-5-12(8-10)20-2/h6-7,9-10,12,16H,3-5,8,15H2,1-2H3. The van der Waals surface area contributed by atoms with Gasteiger partial charge in [0.05, 0.1) is 12.8 Å². The van der Waals surface area contributed by atoms with Crippen LogP contribution in [0.2, 0.25) is 0 Å². The van der Waals surface area contributed by atoms with E-state index in [0.717, 1.165) is 25.7 Å². The van der Waals surface area contributed by atoms with Crippen LogP contribution < -0.4 is 15.2 Å². The number of methoxy groups -OCH3 is 1. The van der Waals surface area contributed by atoms with E-state index >= 15 is 0 Å². The highest BCUT2D eigenvalue weighted by Gasteiger charge is 2.27. The third-order valence-electron chi connectivity index (χ3n) is 3.79. The minimum Gasteiger partial charge on any atom is -0.497 e. The van der Waals surface area contributed by atoms with Crippen molar-refractivity contribution in [2.75, 3.05) is 19.1 Å². The van der Waals surface area contributed by atoms with E-state index in [2.05, 4.69) is 11.0 Å². The maximum atomic E-state index is 12.5. The molecule has 2 unspecified atom stereocenters. The Morgan fingerprint density at radius 2 is 2.14 bits per heavy atom. The summed E-state index contributed by atoms with van der Waals surface area (Å²) in [7, 11) is -2.07. The summed E-state index contributed by atoms with van der Waals surface area (Å²) in [6.07, 6.45) is 6.03. The van der Waals surface area contributed by atoms with E-state index in [-0.39, 0.29) is 16.6 Å². The molecule has 21 heavy (non-hydrogen) atoms. The third kappa shape index (κ3) is 4.05. The molecule has 3 N–H and O–H groups in total. The fraction of sp³-hybridized carbons (Fsp3) is 0.571. The lowest BCUT2D eigenvalue weighted by molar-refractivity contribution is 0.414. The Bertz CT molecular complexity index is 590. The van der Waals surface area contributed by atoms with Gasteiger partial charge < -0.3 is 10.5 Å². The van der Waals surface area contributed by atoms with Gasteiger partial charge in [-0.15, -0.1) is 0 Å². The van der Waals surface area contributed by atoms with Gasteiger partial charge in [0.1, 0.15) is 10.6 Å². The Balaban J connectivity index is 2.14. The van der Waals surface area contributed by atoms with Crippen LogP contribution in [0.25, 0.3) is 0 Å². The Morgan fingerprint density at radius 3 is 2.76 bits per heavy atom. The first kappa shape index (κ1) is 16.5. The molecule has 0 amide bonds. The summed E-state index contributed by atoms with van der Waals surface area (Å²) in [5.74, 6) is 0.548. The van der Waals surface area contributed by atoms with Gasteiger partial charge in [0, 0.05) is 17.4 Å². The van der Waals surface area contributed by atoms with Gasteiger partial charge in [0.15, 0.2) is 0 Å². The first-order valence-corrected chi connectivity index (χ1v) is 9.72. The van der Waals surface area contributed by atoms with Crippen molar-refractivity contribution in [2.45, 2.75) is 41.9 Å². The summed E-state index contributed by atoms with van der Waals surface area (Å²) in [5.41, 5.74) is 6.05. The van der Waals surface area contributed by atoms with Crippen LogP contribution in [0.5, 0.6) is 5.75 Å². The number of thioether (sulfide) groups is 1. The first-order chi connectivity index (χ1) is 9.96. The molecule has 0 spiro atoms. The van der Waals surface area contributed by atoms with Gasteiger partial charge in [0.2, 0.25) is 10.0 Å². The lowest BCUT2D eigenvalue weighted by Gasteiger charge is -2.28. The molecule has 1 aromatic carbocycles. The molecular weight excluding hydrogens is 308 g/mol. The fourth-order valence-corrected chi connectivity index (χ4v) is 4.87. The fourth-order valence-electron chi connectivity index (χ4n) is 2.65. The molecule has 118 valence electrons. The third-order valence-corrected chi connectivity index (χ3v) is 6.48. The maximum absolute atomic E-state index is 12.5. The van der Waals surface area contributed by atoms with E-state index in [1.165, 1.54) is 19.2 Å². The van der Waals surface area contributed by atoms with Crippen LogP contribution >= 0.6 is 11.8 Å². The van der Waals surface area contributed by atoms with Crippen LogP contribution in [0.3, 0.4) is 0 Å². The van der Waals surface area contributed by atoms with Gasteiger partial charge >= 0.3 is 0 Å². The van der Waals surface area contributed by atoms with Crippen LogP contribution in [0.15, 0.2) is 23.1 Å². The summed E-state index contributed by atoms with van der Waals surface area (Å²) in [4.78, 5) is 0.120. The van der Waals surface area contributed by atoms with Crippen LogP contribution in [-0.4, -0.2) is 33.1 Å². The number of nitrogen functional groups attached to an aromatic ring is 1. The van der Waals surface area contributed by atoms with Crippen LogP contribution in [0.1, 0.15) is 25.7 Å². The van der Waals surface area contributed by atoms with Crippen molar-refractivity contribution < 1.29 is 13.2 Å². The molecule has 1 aromatic rings. The highest BCUT2D eigenvalue weighted by Crippen LogP contribution is 2.29. The van der Waals surface area contributed by atoms with Gasteiger partial charge in [-0.25, -0.2) is 13.1 Å². The van der Waals surface area contributed by atoms with Gasteiger partial charge in [-0.1, -0.05) is 6.42 Å². The van der Waals surface area contributed by atoms with Gasteiger partial charge in [0.25, 0.3) is 0 Å². The quantitative estimate of drug-likeness (QED) is 0.809. The molecule has 0 aromatic heterocycles. The largest absolute Gasteiger partial charge is 0.497 e. The number of nitrogens with one attached hydrogen (secondary N) is 1. The predicted molar refractivity (Wildman–Crippen MR) is 87.3 cm³/mol. The Kier molecular flexibility index (Phi) is 5.40. The average Bonchev–Trinajstić information content (AvgIpc) is 2.46. The number of anilines is 1. The summed E-state index contributed by atoms with van der Waals surface area (Å²) < 4.78 is 32.8. The highest BCUT2D eigenvalue weighted by molar-refractivity contribution is 7.99. The lowest BCUT2D eigenvalue weighted by atomic mass is 9.96. The Hall–Kier alpha value is -0.920. The molecule has 0 bridgehead atoms. The van der Waals surface area contributed by atoms with Crippen molar-refractivity contribution in [3.63, 3.8) is 0 Å². The van der Waals surface area contributed by atoms with Crippen molar-refractivity contribution in [1.29, 1.82) is 0 Å². The van der Waals surface area contributed by atoms with Crippen molar-refractivity contribution in [1.82, 2.24) is 4.72 Å². The number of hydrogen-bond donors (Lipinski definition) is 2. The summed E-state index contributed by atoms with van der Waals surface area (Å²) >= 11 is 1.80. The average molecular weight is 330 g/mol. The second-order valence-corrected chi connectivity index (χ2v) is 8.07. The van der Waals surface area contributed by atoms with Gasteiger partial charge in [-0.3, -0.25) is 0 Å². The lowest BCUT2D eigenvalue weighted by Crippen LogP contribution is -2.39. The molecular formula is C14H22N2O3S2. The Morgan fingerprint density at radius 1 is 1.38 bits per heavy atom. The SMILES string of the molecule is COc1ccc(S(=O)(=O)NC2CCCC(SC)C2)c(N)c1. The number of rotatable bonds is 5. The van der Waals surface area contributed by atoms with E-state index < -0.39 is 10.0 Å². The Labute approximate surface area is 130 Å². The molecule has 1 aliphatic carbocycles. The van der Waals surface area contributed by atoms with Crippen molar-refractivity contribution in [3.8, 4) is 5.75 Å². The molecule has 0 saturated heterocycles. The number of hydrogen-bond acceptors (Lipinski definition) is 5. The van der Waals surface area contributed by atoms with Crippen LogP contribution in [-0.2, 0) is 10.0 Å². The molecule has 0 aliphatic heterocycles. The van der Waals surface area contributed by atoms with E-state index in [4.69, 9.17) is 10.5 Å². The molecule has 7 heteroatoms. The minimum atomic E-state index is -3.59. The van der Waals surface area contributed by atoms with E-state index in [1.807, 2.05) is 0 Å². The van der Waals surface area contributed by atoms with Gasteiger partial charge in [-0.05, 0) is 37.7 Å². The zero-order chi connectivity index (χ0) is 15.5. The monoisotopic (exact) mass is 330 g/mol. The smallest absolute Gasteiger partial charge is 0.242 e. The first-order valence-electron chi connectivity index (χ1n) is 6.95. The molecule has 0 radical (unpaired) electrons. The number of sulfonamides is 1. The topological polar surface area (TPSA) is 81.4 Å². The van der Waals surface area contributed by atoms with Crippen molar-refractivity contribution >= 4 is 27.5 Å².